The summed E-state index contributed by atoms with van der Waals surface area (Å²) < 4.78 is 16.4. The molecule has 3 N–H and O–H groups in total. The zero-order valence-corrected chi connectivity index (χ0v) is 20.6. The summed E-state index contributed by atoms with van der Waals surface area (Å²) in [6.45, 7) is 2.38. The first-order valence-electron chi connectivity index (χ1n) is 11.1. The van der Waals surface area contributed by atoms with Gasteiger partial charge in [-0.1, -0.05) is 0 Å². The Morgan fingerprint density at radius 3 is 2.57 bits per heavy atom. The van der Waals surface area contributed by atoms with Crippen molar-refractivity contribution in [2.24, 2.45) is 0 Å². The van der Waals surface area contributed by atoms with Crippen LogP contribution in [0.3, 0.4) is 0 Å². The van der Waals surface area contributed by atoms with Crippen LogP contribution in [0.15, 0.2) is 30.3 Å². The SMILES string of the molecule is COc1cc2cc(/C=C/C(=O)N3C[C@@H](CCl)c4c3cc(O)c3[nH]c(C)cc43)[nH]c2c(OC)c1OC. The molecule has 182 valence electrons. The van der Waals surface area contributed by atoms with Gasteiger partial charge < -0.3 is 34.2 Å². The fraction of sp³-hybridized carbons (Fsp3) is 0.269. The minimum Gasteiger partial charge on any atom is -0.506 e. The molecule has 1 amide bonds. The van der Waals surface area contributed by atoms with Crippen molar-refractivity contribution in [3.8, 4) is 23.0 Å². The predicted molar refractivity (Wildman–Crippen MR) is 138 cm³/mol. The lowest BCUT2D eigenvalue weighted by Gasteiger charge is -2.15. The fourth-order valence-corrected chi connectivity index (χ4v) is 5.18. The van der Waals surface area contributed by atoms with E-state index in [-0.39, 0.29) is 17.6 Å². The summed E-state index contributed by atoms with van der Waals surface area (Å²) in [6.07, 6.45) is 3.23. The van der Waals surface area contributed by atoms with E-state index in [0.717, 1.165) is 33.2 Å². The molecule has 1 aliphatic rings. The number of hydrogen-bond donors (Lipinski definition) is 3. The van der Waals surface area contributed by atoms with Crippen molar-refractivity contribution in [3.63, 3.8) is 0 Å². The summed E-state index contributed by atoms with van der Waals surface area (Å²) in [7, 11) is 4.68. The average molecular weight is 496 g/mol. The van der Waals surface area contributed by atoms with Gasteiger partial charge in [-0.15, -0.1) is 11.6 Å². The molecule has 35 heavy (non-hydrogen) atoms. The standard InChI is InChI=1S/C26H26ClN3O5/c1-13-7-17-22-15(11-27)12-30(18(22)10-19(31)24(17)28-13)21(32)6-5-16-8-14-9-20(33-2)25(34-3)26(35-4)23(14)29-16/h5-10,15,28-29,31H,11-12H2,1-4H3/b6-5+/t15-/m1/s1. The van der Waals surface area contributed by atoms with E-state index < -0.39 is 0 Å². The number of nitrogens with zero attached hydrogens (tertiary/aromatic N) is 1. The zero-order valence-electron chi connectivity index (χ0n) is 19.9. The van der Waals surface area contributed by atoms with Crippen molar-refractivity contribution in [2.45, 2.75) is 12.8 Å². The fourth-order valence-electron chi connectivity index (χ4n) is 4.92. The van der Waals surface area contributed by atoms with Crippen LogP contribution < -0.4 is 19.1 Å². The molecule has 8 nitrogen and oxygen atoms in total. The molecular weight excluding hydrogens is 470 g/mol. The van der Waals surface area contributed by atoms with E-state index in [1.807, 2.05) is 25.1 Å². The summed E-state index contributed by atoms with van der Waals surface area (Å²) in [5.41, 5.74) is 4.72. The van der Waals surface area contributed by atoms with E-state index in [1.54, 1.807) is 38.4 Å². The number of fused-ring (bicyclic) bond motifs is 4. The van der Waals surface area contributed by atoms with Crippen LogP contribution in [0, 0.1) is 6.92 Å². The number of hydrogen-bond acceptors (Lipinski definition) is 5. The molecule has 0 saturated carbocycles. The lowest BCUT2D eigenvalue weighted by Crippen LogP contribution is -2.28. The van der Waals surface area contributed by atoms with Crippen LogP contribution in [0.1, 0.15) is 22.9 Å². The molecule has 0 spiro atoms. The molecule has 1 atom stereocenters. The van der Waals surface area contributed by atoms with Gasteiger partial charge in [0.05, 0.1) is 38.1 Å². The highest BCUT2D eigenvalue weighted by atomic mass is 35.5. The number of aromatic hydroxyl groups is 1. The molecule has 0 unspecified atom stereocenters. The maximum atomic E-state index is 13.3. The van der Waals surface area contributed by atoms with E-state index in [9.17, 15) is 9.90 Å². The molecule has 4 aromatic rings. The number of alkyl halides is 1. The van der Waals surface area contributed by atoms with Crippen molar-refractivity contribution in [3.05, 3.63) is 47.3 Å². The summed E-state index contributed by atoms with van der Waals surface area (Å²) in [4.78, 5) is 21.4. The first-order chi connectivity index (χ1) is 16.9. The van der Waals surface area contributed by atoms with E-state index in [0.29, 0.717) is 40.9 Å². The van der Waals surface area contributed by atoms with Gasteiger partial charge in [-0.05, 0) is 36.8 Å². The van der Waals surface area contributed by atoms with Crippen LogP contribution in [0.2, 0.25) is 0 Å². The molecule has 2 aromatic heterocycles. The molecule has 3 heterocycles. The highest BCUT2D eigenvalue weighted by Gasteiger charge is 2.34. The third-order valence-corrected chi connectivity index (χ3v) is 6.82. The van der Waals surface area contributed by atoms with Crippen molar-refractivity contribution in [2.75, 3.05) is 38.7 Å². The Morgan fingerprint density at radius 1 is 1.11 bits per heavy atom. The second-order valence-corrected chi connectivity index (χ2v) is 8.85. The van der Waals surface area contributed by atoms with Gasteiger partial charge in [0.1, 0.15) is 5.75 Å². The van der Waals surface area contributed by atoms with Gasteiger partial charge >= 0.3 is 0 Å². The maximum absolute atomic E-state index is 13.3. The second-order valence-electron chi connectivity index (χ2n) is 8.54. The number of H-pyrrole nitrogens is 2. The number of ether oxygens (including phenoxy) is 3. The van der Waals surface area contributed by atoms with Gasteiger partial charge in [0.15, 0.2) is 11.5 Å². The first-order valence-corrected chi connectivity index (χ1v) is 11.7. The number of carbonyl (C=O) groups is 1. The number of phenols is 1. The third-order valence-electron chi connectivity index (χ3n) is 6.45. The first kappa shape index (κ1) is 23.0. The number of methoxy groups -OCH3 is 3. The van der Waals surface area contributed by atoms with Crippen molar-refractivity contribution >= 4 is 51.1 Å². The topological polar surface area (TPSA) is 99.8 Å². The number of aromatic nitrogens is 2. The van der Waals surface area contributed by atoms with Crippen LogP contribution in [0.5, 0.6) is 23.0 Å². The number of phenolic OH excluding ortho intramolecular Hbond substituents is 1. The number of aryl methyl sites for hydroxylation is 1. The summed E-state index contributed by atoms with van der Waals surface area (Å²) in [5.74, 6) is 1.81. The Hall–Kier alpha value is -3.78. The quantitative estimate of drug-likeness (QED) is 0.256. The van der Waals surface area contributed by atoms with Gasteiger partial charge in [-0.2, -0.15) is 0 Å². The van der Waals surface area contributed by atoms with E-state index in [2.05, 4.69) is 9.97 Å². The van der Waals surface area contributed by atoms with Crippen LogP contribution in [-0.4, -0.2) is 54.7 Å². The maximum Gasteiger partial charge on any atom is 0.251 e. The zero-order chi connectivity index (χ0) is 24.9. The Bertz CT molecular complexity index is 1490. The predicted octanol–water partition coefficient (Wildman–Crippen LogP) is 5.07. The Morgan fingerprint density at radius 2 is 1.89 bits per heavy atom. The molecule has 0 bridgehead atoms. The van der Waals surface area contributed by atoms with Crippen LogP contribution in [0.4, 0.5) is 5.69 Å². The van der Waals surface area contributed by atoms with Crippen LogP contribution in [-0.2, 0) is 4.79 Å². The molecule has 0 saturated heterocycles. The average Bonchev–Trinajstić information content (AvgIpc) is 3.55. The lowest BCUT2D eigenvalue weighted by atomic mass is 9.99. The summed E-state index contributed by atoms with van der Waals surface area (Å²) >= 11 is 6.28. The summed E-state index contributed by atoms with van der Waals surface area (Å²) in [5, 5.41) is 12.3. The van der Waals surface area contributed by atoms with Crippen LogP contribution >= 0.6 is 11.6 Å². The Labute approximate surface area is 207 Å². The smallest absolute Gasteiger partial charge is 0.251 e. The molecule has 2 aromatic carbocycles. The molecule has 0 aliphatic carbocycles. The van der Waals surface area contributed by atoms with Gasteiger partial charge in [0, 0.05) is 52.6 Å². The van der Waals surface area contributed by atoms with Gasteiger partial charge in [-0.25, -0.2) is 0 Å². The number of carbonyl (C=O) groups excluding carboxylic acids is 1. The molecule has 9 heteroatoms. The van der Waals surface area contributed by atoms with Gasteiger partial charge in [0.2, 0.25) is 5.75 Å². The van der Waals surface area contributed by atoms with Crippen molar-refractivity contribution in [1.82, 2.24) is 9.97 Å². The Balaban J connectivity index is 1.50. The highest BCUT2D eigenvalue weighted by molar-refractivity contribution is 6.19. The monoisotopic (exact) mass is 495 g/mol. The second kappa shape index (κ2) is 8.78. The summed E-state index contributed by atoms with van der Waals surface area (Å²) in [6, 6.07) is 7.37. The molecule has 0 fully saturated rings. The third kappa shape index (κ3) is 3.65. The van der Waals surface area contributed by atoms with Gasteiger partial charge in [0.25, 0.3) is 5.91 Å². The Kier molecular flexibility index (Phi) is 5.76. The molecule has 1 aliphatic heterocycles. The molecule has 0 radical (unpaired) electrons. The van der Waals surface area contributed by atoms with E-state index >= 15 is 0 Å². The van der Waals surface area contributed by atoms with E-state index in [4.69, 9.17) is 25.8 Å². The minimum atomic E-state index is -0.203. The van der Waals surface area contributed by atoms with Crippen molar-refractivity contribution in [1.29, 1.82) is 0 Å². The number of aromatic amines is 2. The largest absolute Gasteiger partial charge is 0.506 e. The minimum absolute atomic E-state index is 0.0282. The van der Waals surface area contributed by atoms with Crippen molar-refractivity contribution < 1.29 is 24.1 Å². The molecular formula is C26H26ClN3O5. The number of halogens is 1. The van der Waals surface area contributed by atoms with Gasteiger partial charge in [-0.3, -0.25) is 4.79 Å². The van der Waals surface area contributed by atoms with E-state index in [1.165, 1.54) is 6.08 Å². The van der Waals surface area contributed by atoms with Crippen LogP contribution in [0.25, 0.3) is 27.9 Å². The number of amides is 1. The lowest BCUT2D eigenvalue weighted by molar-refractivity contribution is -0.114. The normalized spacial score (nSPS) is 15.3. The number of anilines is 1. The number of benzene rings is 2. The highest BCUT2D eigenvalue weighted by Crippen LogP contribution is 2.46. The number of nitrogens with one attached hydrogen (secondary N) is 2. The number of rotatable bonds is 6. The molecule has 5 rings (SSSR count).